The monoisotopic (exact) mass is 211 g/mol. The van der Waals surface area contributed by atoms with Crippen molar-refractivity contribution < 1.29 is 4.79 Å². The molecule has 4 nitrogen and oxygen atoms in total. The van der Waals surface area contributed by atoms with Crippen LogP contribution in [0.25, 0.3) is 0 Å². The summed E-state index contributed by atoms with van der Waals surface area (Å²) in [5, 5.41) is 6.56. The number of hydrogen-bond acceptors (Lipinski definition) is 3. The van der Waals surface area contributed by atoms with Crippen molar-refractivity contribution >= 4 is 5.91 Å². The first-order chi connectivity index (χ1) is 6.94. The Morgan fingerprint density at radius 1 is 1.40 bits per heavy atom. The Hall–Kier alpha value is -0.610. The van der Waals surface area contributed by atoms with Gasteiger partial charge in [0.25, 0.3) is 0 Å². The number of hydrogen-bond donors (Lipinski definition) is 2. The van der Waals surface area contributed by atoms with E-state index in [0.29, 0.717) is 0 Å². The minimum absolute atomic E-state index is 0.0877. The van der Waals surface area contributed by atoms with E-state index in [2.05, 4.69) is 22.6 Å². The predicted octanol–water partition coefficient (Wildman–Crippen LogP) is -0.0512. The van der Waals surface area contributed by atoms with Crippen LogP contribution < -0.4 is 10.6 Å². The maximum absolute atomic E-state index is 11.6. The molecule has 0 aliphatic carbocycles. The summed E-state index contributed by atoms with van der Waals surface area (Å²) >= 11 is 0. The van der Waals surface area contributed by atoms with E-state index in [-0.39, 0.29) is 11.4 Å². The van der Waals surface area contributed by atoms with Gasteiger partial charge in [0.15, 0.2) is 0 Å². The Labute approximate surface area is 91.4 Å². The number of nitrogens with one attached hydrogen (secondary N) is 2. The van der Waals surface area contributed by atoms with Crippen LogP contribution in [0.15, 0.2) is 0 Å². The van der Waals surface area contributed by atoms with E-state index >= 15 is 0 Å². The molecule has 1 spiro atoms. The van der Waals surface area contributed by atoms with Gasteiger partial charge in [0.2, 0.25) is 5.91 Å². The van der Waals surface area contributed by atoms with Crippen molar-refractivity contribution in [2.75, 3.05) is 26.7 Å². The lowest BCUT2D eigenvalue weighted by Crippen LogP contribution is -2.74. The molecule has 1 atom stereocenters. The van der Waals surface area contributed by atoms with Crippen LogP contribution in [-0.4, -0.2) is 48.6 Å². The van der Waals surface area contributed by atoms with Crippen LogP contribution in [0, 0.1) is 0 Å². The van der Waals surface area contributed by atoms with Crippen molar-refractivity contribution in [3.05, 3.63) is 0 Å². The Morgan fingerprint density at radius 3 is 2.73 bits per heavy atom. The summed E-state index contributed by atoms with van der Waals surface area (Å²) in [7, 11) is 2.14. The molecule has 1 amide bonds. The molecule has 0 aromatic rings. The molecule has 2 saturated heterocycles. The number of rotatable bonds is 0. The van der Waals surface area contributed by atoms with Gasteiger partial charge in [-0.1, -0.05) is 0 Å². The summed E-state index contributed by atoms with van der Waals surface area (Å²) in [4.78, 5) is 14.0. The van der Waals surface area contributed by atoms with Gasteiger partial charge >= 0.3 is 0 Å². The highest BCUT2D eigenvalue weighted by atomic mass is 16.2. The minimum Gasteiger partial charge on any atom is -0.353 e. The molecule has 2 rings (SSSR count). The van der Waals surface area contributed by atoms with E-state index in [9.17, 15) is 4.79 Å². The number of piperazine rings is 1. The molecule has 0 bridgehead atoms. The average molecular weight is 211 g/mol. The lowest BCUT2D eigenvalue weighted by molar-refractivity contribution is -0.131. The lowest BCUT2D eigenvalue weighted by Gasteiger charge is -2.50. The molecular formula is C11H21N3O. The summed E-state index contributed by atoms with van der Waals surface area (Å²) in [5.74, 6) is 0.112. The molecule has 2 fully saturated rings. The molecular weight excluding hydrogens is 190 g/mol. The fraction of sp³-hybridized carbons (Fsp3) is 0.909. The van der Waals surface area contributed by atoms with Gasteiger partial charge in [0, 0.05) is 18.6 Å². The van der Waals surface area contributed by atoms with Gasteiger partial charge in [0.1, 0.15) is 0 Å². The van der Waals surface area contributed by atoms with Crippen LogP contribution in [0.2, 0.25) is 0 Å². The zero-order chi connectivity index (χ0) is 11.1. The molecule has 0 aromatic carbocycles. The van der Waals surface area contributed by atoms with Crippen molar-refractivity contribution in [1.82, 2.24) is 15.5 Å². The van der Waals surface area contributed by atoms with Gasteiger partial charge in [0.05, 0.1) is 5.54 Å². The predicted molar refractivity (Wildman–Crippen MR) is 59.7 cm³/mol. The number of likely N-dealkylation sites (N-methyl/N-ethyl adjacent to an activating group) is 1. The van der Waals surface area contributed by atoms with Crippen LogP contribution in [0.4, 0.5) is 0 Å². The normalized spacial score (nSPS) is 36.6. The second-order valence-electron chi connectivity index (χ2n) is 5.55. The summed E-state index contributed by atoms with van der Waals surface area (Å²) in [6.07, 6.45) is 2.36. The van der Waals surface area contributed by atoms with E-state index < -0.39 is 5.54 Å². The van der Waals surface area contributed by atoms with Gasteiger partial charge in [-0.05, 0) is 40.3 Å². The summed E-state index contributed by atoms with van der Waals surface area (Å²) in [6, 6.07) is 0. The molecule has 2 aliphatic rings. The van der Waals surface area contributed by atoms with E-state index in [1.165, 1.54) is 6.42 Å². The second kappa shape index (κ2) is 3.46. The van der Waals surface area contributed by atoms with Gasteiger partial charge in [-0.3, -0.25) is 10.1 Å². The average Bonchev–Trinajstić information content (AvgIpc) is 2.11. The molecule has 0 radical (unpaired) electrons. The lowest BCUT2D eigenvalue weighted by atomic mass is 9.83. The zero-order valence-corrected chi connectivity index (χ0v) is 9.89. The molecule has 0 aromatic heterocycles. The Bertz CT molecular complexity index is 277. The van der Waals surface area contributed by atoms with Crippen LogP contribution >= 0.6 is 0 Å². The molecule has 0 saturated carbocycles. The third-order valence-corrected chi connectivity index (χ3v) is 3.50. The van der Waals surface area contributed by atoms with Crippen LogP contribution in [0.1, 0.15) is 26.7 Å². The van der Waals surface area contributed by atoms with E-state index in [1.807, 2.05) is 13.8 Å². The summed E-state index contributed by atoms with van der Waals surface area (Å²) < 4.78 is 0. The number of amides is 1. The van der Waals surface area contributed by atoms with E-state index in [4.69, 9.17) is 0 Å². The molecule has 15 heavy (non-hydrogen) atoms. The van der Waals surface area contributed by atoms with Crippen molar-refractivity contribution in [1.29, 1.82) is 0 Å². The number of carbonyl (C=O) groups is 1. The highest BCUT2D eigenvalue weighted by Gasteiger charge is 2.45. The molecule has 1 unspecified atom stereocenters. The maximum atomic E-state index is 11.6. The van der Waals surface area contributed by atoms with Gasteiger partial charge in [-0.25, -0.2) is 0 Å². The first kappa shape index (κ1) is 10.9. The minimum atomic E-state index is -0.434. The Kier molecular flexibility index (Phi) is 2.51. The fourth-order valence-electron chi connectivity index (χ4n) is 2.84. The van der Waals surface area contributed by atoms with Crippen molar-refractivity contribution in [2.24, 2.45) is 0 Å². The molecule has 2 aliphatic heterocycles. The molecule has 2 heterocycles. The number of likely N-dealkylation sites (tertiary alicyclic amines) is 1. The maximum Gasteiger partial charge on any atom is 0.239 e. The van der Waals surface area contributed by atoms with Gasteiger partial charge < -0.3 is 10.2 Å². The van der Waals surface area contributed by atoms with Crippen LogP contribution in [0.3, 0.4) is 0 Å². The highest BCUT2D eigenvalue weighted by molar-refractivity contribution is 5.86. The van der Waals surface area contributed by atoms with Gasteiger partial charge in [-0.2, -0.15) is 0 Å². The first-order valence-corrected chi connectivity index (χ1v) is 5.70. The molecule has 2 N–H and O–H groups in total. The third-order valence-electron chi connectivity index (χ3n) is 3.50. The first-order valence-electron chi connectivity index (χ1n) is 5.70. The van der Waals surface area contributed by atoms with E-state index in [1.54, 1.807) is 0 Å². The SMILES string of the molecule is CN1CCCC2(CNC(=O)C(C)(C)N2)C1. The third kappa shape index (κ3) is 2.01. The zero-order valence-electron chi connectivity index (χ0n) is 9.89. The smallest absolute Gasteiger partial charge is 0.239 e. The van der Waals surface area contributed by atoms with Crippen molar-refractivity contribution in [2.45, 2.75) is 37.8 Å². The number of nitrogens with zero attached hydrogens (tertiary/aromatic N) is 1. The quantitative estimate of drug-likeness (QED) is 0.590. The van der Waals surface area contributed by atoms with Crippen LogP contribution in [0.5, 0.6) is 0 Å². The highest BCUT2D eigenvalue weighted by Crippen LogP contribution is 2.25. The molecule has 86 valence electrons. The fourth-order valence-corrected chi connectivity index (χ4v) is 2.84. The van der Waals surface area contributed by atoms with Gasteiger partial charge in [-0.15, -0.1) is 0 Å². The Morgan fingerprint density at radius 2 is 2.13 bits per heavy atom. The van der Waals surface area contributed by atoms with Crippen LogP contribution in [-0.2, 0) is 4.79 Å². The number of piperidine rings is 1. The second-order valence-corrected chi connectivity index (χ2v) is 5.55. The summed E-state index contributed by atoms with van der Waals surface area (Å²) in [5.41, 5.74) is -0.346. The topological polar surface area (TPSA) is 44.4 Å². The van der Waals surface area contributed by atoms with Crippen molar-refractivity contribution in [3.8, 4) is 0 Å². The van der Waals surface area contributed by atoms with E-state index in [0.717, 1.165) is 26.1 Å². The van der Waals surface area contributed by atoms with Crippen molar-refractivity contribution in [3.63, 3.8) is 0 Å². The summed E-state index contributed by atoms with van der Waals surface area (Å²) in [6.45, 7) is 6.86. The largest absolute Gasteiger partial charge is 0.353 e. The standard InChI is InChI=1S/C11H21N3O/c1-10(2)9(15)12-7-11(13-10)5-4-6-14(3)8-11/h13H,4-8H2,1-3H3,(H,12,15). The number of carbonyl (C=O) groups excluding carboxylic acids is 1. The molecule has 4 heteroatoms. The Balaban J connectivity index is 2.13.